The molecule has 1 atom stereocenters. The first-order valence-electron chi connectivity index (χ1n) is 6.87. The number of anilines is 1. The summed E-state index contributed by atoms with van der Waals surface area (Å²) in [5.74, 6) is 0.768. The van der Waals surface area contributed by atoms with Crippen LogP contribution in [0.25, 0.3) is 0 Å². The predicted molar refractivity (Wildman–Crippen MR) is 84.4 cm³/mol. The molecule has 1 unspecified atom stereocenters. The van der Waals surface area contributed by atoms with Crippen LogP contribution < -0.4 is 10.1 Å². The highest BCUT2D eigenvalue weighted by Gasteiger charge is 2.28. The second-order valence-corrected chi connectivity index (χ2v) is 5.56. The lowest BCUT2D eigenvalue weighted by Gasteiger charge is -2.12. The molecule has 21 heavy (non-hydrogen) atoms. The number of para-hydroxylation sites is 1. The second-order valence-electron chi connectivity index (χ2n) is 5.12. The van der Waals surface area contributed by atoms with Gasteiger partial charge in [-0.2, -0.15) is 0 Å². The minimum Gasteiger partial charge on any atom is -0.496 e. The van der Waals surface area contributed by atoms with Crippen molar-refractivity contribution in [3.8, 4) is 5.75 Å². The van der Waals surface area contributed by atoms with E-state index in [2.05, 4.69) is 5.32 Å². The summed E-state index contributed by atoms with van der Waals surface area (Å²) >= 11 is 6.02. The van der Waals surface area contributed by atoms with Crippen LogP contribution in [0.1, 0.15) is 17.0 Å². The van der Waals surface area contributed by atoms with Crippen LogP contribution in [0, 0.1) is 0 Å². The minimum atomic E-state index is -0.107. The Hall–Kier alpha value is -2.00. The highest BCUT2D eigenvalue weighted by atomic mass is 35.5. The molecule has 0 saturated carbocycles. The number of ketones is 1. The third-order valence-electron chi connectivity index (χ3n) is 3.83. The molecule has 0 spiro atoms. The monoisotopic (exact) mass is 301 g/mol. The number of carbonyl (C=O) groups is 1. The molecule has 0 saturated heterocycles. The highest BCUT2D eigenvalue weighted by molar-refractivity contribution is 6.30. The summed E-state index contributed by atoms with van der Waals surface area (Å²) in [6.45, 7) is 0.654. The van der Waals surface area contributed by atoms with E-state index in [1.807, 2.05) is 24.3 Å². The van der Waals surface area contributed by atoms with Crippen molar-refractivity contribution in [2.75, 3.05) is 19.0 Å². The molecule has 0 aliphatic carbocycles. The zero-order valence-electron chi connectivity index (χ0n) is 11.7. The maximum atomic E-state index is 12.6. The van der Waals surface area contributed by atoms with Gasteiger partial charge in [-0.1, -0.05) is 29.8 Å². The average Bonchev–Trinajstić information content (AvgIpc) is 2.91. The van der Waals surface area contributed by atoms with Crippen molar-refractivity contribution >= 4 is 23.1 Å². The number of methoxy groups -OCH3 is 1. The zero-order chi connectivity index (χ0) is 14.8. The van der Waals surface area contributed by atoms with Gasteiger partial charge in [-0.05, 0) is 29.8 Å². The summed E-state index contributed by atoms with van der Waals surface area (Å²) in [5.41, 5.74) is 2.96. The van der Waals surface area contributed by atoms with Crippen molar-refractivity contribution in [1.29, 1.82) is 0 Å². The van der Waals surface area contributed by atoms with Crippen LogP contribution in [0.3, 0.4) is 0 Å². The van der Waals surface area contributed by atoms with Gasteiger partial charge in [0.25, 0.3) is 0 Å². The standard InChI is InChI=1S/C17H16ClNO2/c1-21-17-7-6-12(18)8-11(17)9-16(20)14-10-19-15-5-3-2-4-13(14)15/h2-8,14,19H,9-10H2,1H3. The van der Waals surface area contributed by atoms with Gasteiger partial charge in [-0.15, -0.1) is 0 Å². The molecule has 3 rings (SSSR count). The van der Waals surface area contributed by atoms with Crippen LogP contribution in [-0.2, 0) is 11.2 Å². The van der Waals surface area contributed by atoms with Crippen molar-refractivity contribution in [1.82, 2.24) is 0 Å². The average molecular weight is 302 g/mol. The van der Waals surface area contributed by atoms with Crippen LogP contribution in [0.2, 0.25) is 5.02 Å². The lowest BCUT2D eigenvalue weighted by molar-refractivity contribution is -0.119. The molecule has 0 fully saturated rings. The molecule has 0 radical (unpaired) electrons. The maximum Gasteiger partial charge on any atom is 0.146 e. The largest absolute Gasteiger partial charge is 0.496 e. The fourth-order valence-corrected chi connectivity index (χ4v) is 2.96. The van der Waals surface area contributed by atoms with E-state index in [4.69, 9.17) is 16.3 Å². The van der Waals surface area contributed by atoms with E-state index in [0.717, 1.165) is 16.8 Å². The Labute approximate surface area is 128 Å². The third kappa shape index (κ3) is 2.74. The van der Waals surface area contributed by atoms with Crippen molar-refractivity contribution < 1.29 is 9.53 Å². The van der Waals surface area contributed by atoms with Crippen molar-refractivity contribution in [3.63, 3.8) is 0 Å². The number of benzene rings is 2. The molecule has 1 N–H and O–H groups in total. The lowest BCUT2D eigenvalue weighted by Crippen LogP contribution is -2.17. The molecular formula is C17H16ClNO2. The van der Waals surface area contributed by atoms with Gasteiger partial charge < -0.3 is 10.1 Å². The molecule has 3 nitrogen and oxygen atoms in total. The maximum absolute atomic E-state index is 12.6. The van der Waals surface area contributed by atoms with Crippen LogP contribution in [-0.4, -0.2) is 19.4 Å². The van der Waals surface area contributed by atoms with Gasteiger partial charge in [-0.3, -0.25) is 4.79 Å². The predicted octanol–water partition coefficient (Wildman–Crippen LogP) is 3.67. The first-order valence-corrected chi connectivity index (χ1v) is 7.25. The van der Waals surface area contributed by atoms with Crippen LogP contribution in [0.5, 0.6) is 5.75 Å². The summed E-state index contributed by atoms with van der Waals surface area (Å²) in [5, 5.41) is 3.89. The van der Waals surface area contributed by atoms with Gasteiger partial charge in [0.1, 0.15) is 11.5 Å². The molecule has 2 aromatic carbocycles. The lowest BCUT2D eigenvalue weighted by atomic mass is 9.92. The van der Waals surface area contributed by atoms with E-state index < -0.39 is 0 Å². The van der Waals surface area contributed by atoms with Crippen LogP contribution >= 0.6 is 11.6 Å². The molecule has 1 aliphatic heterocycles. The third-order valence-corrected chi connectivity index (χ3v) is 4.06. The highest BCUT2D eigenvalue weighted by Crippen LogP contribution is 2.33. The van der Waals surface area contributed by atoms with Crippen molar-refractivity contribution in [2.24, 2.45) is 0 Å². The Morgan fingerprint density at radius 1 is 1.33 bits per heavy atom. The number of Topliss-reactive ketones (excluding diaryl/α,β-unsaturated/α-hetero) is 1. The molecule has 1 heterocycles. The first kappa shape index (κ1) is 14.0. The Morgan fingerprint density at radius 2 is 2.14 bits per heavy atom. The minimum absolute atomic E-state index is 0.107. The van der Waals surface area contributed by atoms with Crippen LogP contribution in [0.15, 0.2) is 42.5 Å². The Balaban J connectivity index is 1.83. The topological polar surface area (TPSA) is 38.3 Å². The Bertz CT molecular complexity index is 684. The van der Waals surface area contributed by atoms with Gasteiger partial charge in [-0.25, -0.2) is 0 Å². The number of hydrogen-bond acceptors (Lipinski definition) is 3. The van der Waals surface area contributed by atoms with Gasteiger partial charge in [0.15, 0.2) is 0 Å². The summed E-state index contributed by atoms with van der Waals surface area (Å²) in [6.07, 6.45) is 0.324. The summed E-state index contributed by atoms with van der Waals surface area (Å²) in [6, 6.07) is 13.3. The molecule has 108 valence electrons. The number of rotatable bonds is 4. The van der Waals surface area contributed by atoms with Crippen molar-refractivity contribution in [2.45, 2.75) is 12.3 Å². The Morgan fingerprint density at radius 3 is 2.95 bits per heavy atom. The number of nitrogens with one attached hydrogen (secondary N) is 1. The van der Waals surface area contributed by atoms with Crippen molar-refractivity contribution in [3.05, 3.63) is 58.6 Å². The van der Waals surface area contributed by atoms with Gasteiger partial charge in [0.05, 0.1) is 13.0 Å². The van der Waals surface area contributed by atoms with Crippen LogP contribution in [0.4, 0.5) is 5.69 Å². The van der Waals surface area contributed by atoms with E-state index in [1.54, 1.807) is 25.3 Å². The number of hydrogen-bond donors (Lipinski definition) is 1. The number of fused-ring (bicyclic) bond motifs is 1. The first-order chi connectivity index (χ1) is 10.2. The van der Waals surface area contributed by atoms with E-state index in [-0.39, 0.29) is 11.7 Å². The van der Waals surface area contributed by atoms with Gasteiger partial charge in [0.2, 0.25) is 0 Å². The molecular weight excluding hydrogens is 286 g/mol. The summed E-state index contributed by atoms with van der Waals surface area (Å²) in [7, 11) is 1.60. The summed E-state index contributed by atoms with van der Waals surface area (Å²) < 4.78 is 5.31. The van der Waals surface area contributed by atoms with E-state index in [9.17, 15) is 4.79 Å². The smallest absolute Gasteiger partial charge is 0.146 e. The molecule has 0 aromatic heterocycles. The molecule has 0 amide bonds. The molecule has 4 heteroatoms. The summed E-state index contributed by atoms with van der Waals surface area (Å²) in [4.78, 5) is 12.6. The van der Waals surface area contributed by atoms with E-state index in [1.165, 1.54) is 0 Å². The molecule has 2 aromatic rings. The zero-order valence-corrected chi connectivity index (χ0v) is 12.5. The second kappa shape index (κ2) is 5.78. The fourth-order valence-electron chi connectivity index (χ4n) is 2.77. The molecule has 1 aliphatic rings. The van der Waals surface area contributed by atoms with Gasteiger partial charge in [0, 0.05) is 29.2 Å². The quantitative estimate of drug-likeness (QED) is 0.936. The Kier molecular flexibility index (Phi) is 3.84. The number of ether oxygens (including phenoxy) is 1. The fraction of sp³-hybridized carbons (Fsp3) is 0.235. The van der Waals surface area contributed by atoms with Gasteiger partial charge >= 0.3 is 0 Å². The normalized spacial score (nSPS) is 16.2. The van der Waals surface area contributed by atoms with E-state index in [0.29, 0.717) is 23.7 Å². The molecule has 0 bridgehead atoms. The van der Waals surface area contributed by atoms with E-state index >= 15 is 0 Å². The SMILES string of the molecule is COc1ccc(Cl)cc1CC(=O)C1CNc2ccccc21. The number of carbonyl (C=O) groups excluding carboxylic acids is 1. The number of halogens is 1.